The second kappa shape index (κ2) is 3.69. The highest BCUT2D eigenvalue weighted by molar-refractivity contribution is 5.90. The van der Waals surface area contributed by atoms with E-state index in [9.17, 15) is 9.59 Å². The Kier molecular flexibility index (Phi) is 2.37. The summed E-state index contributed by atoms with van der Waals surface area (Å²) >= 11 is 0. The molecule has 0 saturated carbocycles. The van der Waals surface area contributed by atoms with E-state index in [1.54, 1.807) is 19.1 Å². The number of carbonyl (C=O) groups excluding carboxylic acids is 1. The fourth-order valence-corrected chi connectivity index (χ4v) is 1.60. The third-order valence-corrected chi connectivity index (χ3v) is 2.36. The van der Waals surface area contributed by atoms with Crippen molar-refractivity contribution in [2.75, 3.05) is 0 Å². The van der Waals surface area contributed by atoms with Gasteiger partial charge in [0.1, 0.15) is 0 Å². The van der Waals surface area contributed by atoms with Crippen LogP contribution in [0, 0.1) is 0 Å². The molecule has 0 unspecified atom stereocenters. The maximum Gasteiger partial charge on any atom is 0.257 e. The smallest absolute Gasteiger partial charge is 0.257 e. The highest BCUT2D eigenvalue weighted by atomic mass is 16.2. The molecule has 0 saturated heterocycles. The largest absolute Gasteiger partial charge is 0.274 e. The van der Waals surface area contributed by atoms with Crippen LogP contribution < -0.4 is 5.56 Å². The summed E-state index contributed by atoms with van der Waals surface area (Å²) in [4.78, 5) is 23.2. The SMILES string of the molecule is CCC(=O)n1c(=O)ccc2ccccc21. The Morgan fingerprint density at radius 3 is 2.67 bits per heavy atom. The van der Waals surface area contributed by atoms with Gasteiger partial charge in [-0.2, -0.15) is 0 Å². The van der Waals surface area contributed by atoms with Crippen molar-refractivity contribution in [3.8, 4) is 0 Å². The zero-order chi connectivity index (χ0) is 10.8. The summed E-state index contributed by atoms with van der Waals surface area (Å²) in [5.74, 6) is -0.170. The van der Waals surface area contributed by atoms with Crippen molar-refractivity contribution in [3.05, 3.63) is 46.8 Å². The van der Waals surface area contributed by atoms with Crippen LogP contribution in [0.15, 0.2) is 41.2 Å². The number of benzene rings is 1. The van der Waals surface area contributed by atoms with Crippen molar-refractivity contribution in [2.45, 2.75) is 13.3 Å². The van der Waals surface area contributed by atoms with Crippen LogP contribution in [-0.4, -0.2) is 10.5 Å². The molecule has 0 aliphatic heterocycles. The van der Waals surface area contributed by atoms with E-state index in [4.69, 9.17) is 0 Å². The maximum atomic E-state index is 11.6. The summed E-state index contributed by atoms with van der Waals surface area (Å²) in [6, 6.07) is 10.5. The van der Waals surface area contributed by atoms with Crippen LogP contribution in [-0.2, 0) is 0 Å². The molecule has 0 bridgehead atoms. The summed E-state index contributed by atoms with van der Waals surface area (Å²) < 4.78 is 1.23. The molecule has 15 heavy (non-hydrogen) atoms. The van der Waals surface area contributed by atoms with Crippen molar-refractivity contribution in [2.24, 2.45) is 0 Å². The number of rotatable bonds is 1. The lowest BCUT2D eigenvalue weighted by atomic mass is 10.2. The van der Waals surface area contributed by atoms with Crippen molar-refractivity contribution >= 4 is 16.8 Å². The van der Waals surface area contributed by atoms with E-state index in [-0.39, 0.29) is 11.5 Å². The lowest BCUT2D eigenvalue weighted by Crippen LogP contribution is -2.25. The molecule has 1 aromatic heterocycles. The van der Waals surface area contributed by atoms with Gasteiger partial charge >= 0.3 is 0 Å². The van der Waals surface area contributed by atoms with Crippen molar-refractivity contribution < 1.29 is 4.79 Å². The molecule has 0 aliphatic carbocycles. The van der Waals surface area contributed by atoms with Crippen molar-refractivity contribution in [1.29, 1.82) is 0 Å². The molecule has 1 heterocycles. The van der Waals surface area contributed by atoms with Gasteiger partial charge in [-0.3, -0.25) is 9.59 Å². The van der Waals surface area contributed by atoms with Crippen LogP contribution in [0.5, 0.6) is 0 Å². The van der Waals surface area contributed by atoms with Crippen molar-refractivity contribution in [1.82, 2.24) is 4.57 Å². The number of aromatic nitrogens is 1. The van der Waals surface area contributed by atoms with Crippen LogP contribution in [0.25, 0.3) is 10.9 Å². The number of fused-ring (bicyclic) bond motifs is 1. The lowest BCUT2D eigenvalue weighted by Gasteiger charge is -2.06. The van der Waals surface area contributed by atoms with Gasteiger partial charge in [0.05, 0.1) is 5.52 Å². The molecule has 3 nitrogen and oxygen atoms in total. The number of hydrogen-bond acceptors (Lipinski definition) is 2. The van der Waals surface area contributed by atoms with Gasteiger partial charge in [0.15, 0.2) is 0 Å². The average molecular weight is 201 g/mol. The predicted octanol–water partition coefficient (Wildman–Crippen LogP) is 2.05. The van der Waals surface area contributed by atoms with Gasteiger partial charge in [0, 0.05) is 12.5 Å². The first kappa shape index (κ1) is 9.65. The summed E-state index contributed by atoms with van der Waals surface area (Å²) in [5, 5.41) is 0.902. The Labute approximate surface area is 87.0 Å². The summed E-state index contributed by atoms with van der Waals surface area (Å²) in [5.41, 5.74) is 0.414. The minimum atomic E-state index is -0.263. The highest BCUT2D eigenvalue weighted by Crippen LogP contribution is 2.10. The fraction of sp³-hybridized carbons (Fsp3) is 0.167. The second-order valence-electron chi connectivity index (χ2n) is 3.31. The van der Waals surface area contributed by atoms with Gasteiger partial charge < -0.3 is 0 Å². The zero-order valence-electron chi connectivity index (χ0n) is 8.43. The van der Waals surface area contributed by atoms with E-state index in [0.717, 1.165) is 5.39 Å². The molecule has 1 aromatic carbocycles. The third kappa shape index (κ3) is 1.56. The lowest BCUT2D eigenvalue weighted by molar-refractivity contribution is 0.0910. The van der Waals surface area contributed by atoms with Gasteiger partial charge in [-0.1, -0.05) is 25.1 Å². The zero-order valence-corrected chi connectivity index (χ0v) is 8.43. The Bertz CT molecular complexity index is 569. The molecule has 2 rings (SSSR count). The monoisotopic (exact) mass is 201 g/mol. The molecular weight excluding hydrogens is 190 g/mol. The second-order valence-corrected chi connectivity index (χ2v) is 3.31. The van der Waals surface area contributed by atoms with E-state index >= 15 is 0 Å². The van der Waals surface area contributed by atoms with Crippen LogP contribution in [0.1, 0.15) is 18.1 Å². The first-order valence-electron chi connectivity index (χ1n) is 4.88. The summed E-state index contributed by atoms with van der Waals surface area (Å²) in [7, 11) is 0. The maximum absolute atomic E-state index is 11.6. The van der Waals surface area contributed by atoms with Gasteiger partial charge in [-0.05, 0) is 17.5 Å². The van der Waals surface area contributed by atoms with Crippen LogP contribution >= 0.6 is 0 Å². The Morgan fingerprint density at radius 2 is 1.93 bits per heavy atom. The number of pyridine rings is 1. The average Bonchev–Trinajstić information content (AvgIpc) is 2.28. The first-order valence-corrected chi connectivity index (χ1v) is 4.88. The summed E-state index contributed by atoms with van der Waals surface area (Å²) in [6.45, 7) is 1.75. The number of para-hydroxylation sites is 1. The topological polar surface area (TPSA) is 39.1 Å². The van der Waals surface area contributed by atoms with Gasteiger partial charge in [0.2, 0.25) is 5.91 Å². The molecule has 0 radical (unpaired) electrons. The van der Waals surface area contributed by atoms with Crippen LogP contribution in [0.3, 0.4) is 0 Å². The van der Waals surface area contributed by atoms with Gasteiger partial charge in [0.25, 0.3) is 5.56 Å². The van der Waals surface area contributed by atoms with E-state index in [1.165, 1.54) is 10.6 Å². The fourth-order valence-electron chi connectivity index (χ4n) is 1.60. The van der Waals surface area contributed by atoms with Crippen molar-refractivity contribution in [3.63, 3.8) is 0 Å². The molecule has 0 atom stereocenters. The van der Waals surface area contributed by atoms with E-state index in [1.807, 2.05) is 18.2 Å². The molecule has 2 aromatic rings. The quantitative estimate of drug-likeness (QED) is 0.708. The molecule has 0 N–H and O–H groups in total. The minimum Gasteiger partial charge on any atom is -0.274 e. The van der Waals surface area contributed by atoms with E-state index in [2.05, 4.69) is 0 Å². The highest BCUT2D eigenvalue weighted by Gasteiger charge is 2.07. The minimum absolute atomic E-state index is 0.170. The molecule has 0 spiro atoms. The molecule has 3 heteroatoms. The van der Waals surface area contributed by atoms with Crippen LogP contribution in [0.4, 0.5) is 0 Å². The Balaban J connectivity index is 2.86. The summed E-state index contributed by atoms with van der Waals surface area (Å²) in [6.07, 6.45) is 0.327. The standard InChI is InChI=1S/C12H11NO2/c1-2-11(14)13-10-6-4-3-5-9(10)7-8-12(13)15/h3-8H,2H2,1H3. The number of nitrogens with zero attached hydrogens (tertiary/aromatic N) is 1. The Hall–Kier alpha value is -1.90. The molecule has 0 fully saturated rings. The van der Waals surface area contributed by atoms with Gasteiger partial charge in [-0.15, -0.1) is 0 Å². The van der Waals surface area contributed by atoms with E-state index < -0.39 is 0 Å². The van der Waals surface area contributed by atoms with Crippen LogP contribution in [0.2, 0.25) is 0 Å². The molecule has 76 valence electrons. The first-order chi connectivity index (χ1) is 7.24. The van der Waals surface area contributed by atoms with E-state index in [0.29, 0.717) is 11.9 Å². The number of carbonyl (C=O) groups is 1. The predicted molar refractivity (Wildman–Crippen MR) is 59.1 cm³/mol. The van der Waals surface area contributed by atoms with Gasteiger partial charge in [-0.25, -0.2) is 4.57 Å². The molecule has 0 aliphatic rings. The third-order valence-electron chi connectivity index (χ3n) is 2.36. The normalized spacial score (nSPS) is 10.5. The molecule has 0 amide bonds. The molecular formula is C12H11NO2. The Morgan fingerprint density at radius 1 is 1.20 bits per heavy atom. The number of hydrogen-bond donors (Lipinski definition) is 0.